The molecule has 2 rings (SSSR count). The Labute approximate surface area is 91.5 Å². The highest BCUT2D eigenvalue weighted by Crippen LogP contribution is 2.28. The highest BCUT2D eigenvalue weighted by atomic mass is 19.1. The summed E-state index contributed by atoms with van der Waals surface area (Å²) in [7, 11) is 0. The number of halogens is 1. The van der Waals surface area contributed by atoms with Crippen LogP contribution >= 0.6 is 0 Å². The van der Waals surface area contributed by atoms with Gasteiger partial charge in [-0.1, -0.05) is 13.0 Å². The highest BCUT2D eigenvalue weighted by Gasteiger charge is 2.16. The molecular weight excluding hydrogens is 211 g/mol. The molecule has 0 fully saturated rings. The Hall–Kier alpha value is -1.84. The summed E-state index contributed by atoms with van der Waals surface area (Å²) in [5.74, 6) is -1.00. The van der Waals surface area contributed by atoms with Crippen LogP contribution in [0.25, 0.3) is 11.0 Å². The van der Waals surface area contributed by atoms with Crippen molar-refractivity contribution >= 4 is 16.9 Å². The smallest absolute Gasteiger partial charge is 0.304 e. The van der Waals surface area contributed by atoms with Crippen molar-refractivity contribution in [2.24, 2.45) is 0 Å². The van der Waals surface area contributed by atoms with Crippen molar-refractivity contribution in [1.29, 1.82) is 0 Å². The molecule has 1 aromatic heterocycles. The number of furan rings is 1. The van der Waals surface area contributed by atoms with Crippen LogP contribution < -0.4 is 0 Å². The summed E-state index contributed by atoms with van der Waals surface area (Å²) in [4.78, 5) is 10.5. The molecule has 16 heavy (non-hydrogen) atoms. The Morgan fingerprint density at radius 3 is 2.94 bits per heavy atom. The van der Waals surface area contributed by atoms with Gasteiger partial charge in [-0.05, 0) is 18.2 Å². The first-order chi connectivity index (χ1) is 7.58. The van der Waals surface area contributed by atoms with Crippen LogP contribution in [0.2, 0.25) is 0 Å². The topological polar surface area (TPSA) is 50.4 Å². The molecule has 1 aromatic carbocycles. The Balaban J connectivity index is 2.39. The summed E-state index contributed by atoms with van der Waals surface area (Å²) in [5, 5.41) is 9.06. The first-order valence-corrected chi connectivity index (χ1v) is 4.97. The molecule has 1 atom stereocenters. The van der Waals surface area contributed by atoms with E-state index in [4.69, 9.17) is 9.52 Å². The van der Waals surface area contributed by atoms with Crippen LogP contribution in [0.15, 0.2) is 28.7 Å². The summed E-state index contributed by atoms with van der Waals surface area (Å²) in [6.07, 6.45) is -0.0263. The Bertz CT molecular complexity index is 530. The van der Waals surface area contributed by atoms with Crippen molar-refractivity contribution in [3.63, 3.8) is 0 Å². The monoisotopic (exact) mass is 222 g/mol. The van der Waals surface area contributed by atoms with Gasteiger partial charge in [-0.25, -0.2) is 4.39 Å². The number of carboxylic acid groups (broad SMARTS) is 1. The van der Waals surface area contributed by atoms with E-state index in [0.717, 1.165) is 0 Å². The van der Waals surface area contributed by atoms with Crippen molar-refractivity contribution in [3.05, 3.63) is 35.8 Å². The zero-order chi connectivity index (χ0) is 11.7. The minimum Gasteiger partial charge on any atom is -0.481 e. The van der Waals surface area contributed by atoms with Gasteiger partial charge in [-0.3, -0.25) is 4.79 Å². The van der Waals surface area contributed by atoms with Crippen LogP contribution in [0, 0.1) is 5.82 Å². The van der Waals surface area contributed by atoms with Gasteiger partial charge >= 0.3 is 5.97 Å². The molecule has 1 N–H and O–H groups in total. The molecule has 0 aliphatic rings. The molecule has 0 saturated carbocycles. The van der Waals surface area contributed by atoms with Crippen molar-refractivity contribution in [2.45, 2.75) is 19.3 Å². The van der Waals surface area contributed by atoms with Gasteiger partial charge < -0.3 is 9.52 Å². The number of hydrogen-bond acceptors (Lipinski definition) is 2. The molecule has 2 aromatic rings. The zero-order valence-corrected chi connectivity index (χ0v) is 8.74. The summed E-state index contributed by atoms with van der Waals surface area (Å²) in [5.41, 5.74) is 0.451. The molecule has 0 radical (unpaired) electrons. The summed E-state index contributed by atoms with van der Waals surface area (Å²) in [6, 6.07) is 6.14. The summed E-state index contributed by atoms with van der Waals surface area (Å²) >= 11 is 0. The fourth-order valence-corrected chi connectivity index (χ4v) is 1.65. The standard InChI is InChI=1S/C12H11FO3/c1-7(5-12(14)15)11-6-8-9(13)3-2-4-10(8)16-11/h2-4,6-7H,5H2,1H3,(H,14,15). The van der Waals surface area contributed by atoms with Gasteiger partial charge in [0.05, 0.1) is 11.8 Å². The summed E-state index contributed by atoms with van der Waals surface area (Å²) in [6.45, 7) is 1.74. The molecule has 0 aliphatic heterocycles. The van der Waals surface area contributed by atoms with E-state index < -0.39 is 5.97 Å². The average Bonchev–Trinajstić information content (AvgIpc) is 2.61. The minimum absolute atomic E-state index is 0.0263. The van der Waals surface area contributed by atoms with Gasteiger partial charge in [0.15, 0.2) is 0 Å². The van der Waals surface area contributed by atoms with Gasteiger partial charge in [0.2, 0.25) is 0 Å². The lowest BCUT2D eigenvalue weighted by Crippen LogP contribution is -2.01. The number of carbonyl (C=O) groups is 1. The van der Waals surface area contributed by atoms with Gasteiger partial charge in [0, 0.05) is 5.92 Å². The van der Waals surface area contributed by atoms with E-state index in [1.165, 1.54) is 6.07 Å². The predicted molar refractivity (Wildman–Crippen MR) is 56.8 cm³/mol. The molecule has 0 aliphatic carbocycles. The van der Waals surface area contributed by atoms with Crippen molar-refractivity contribution in [1.82, 2.24) is 0 Å². The molecule has 0 saturated heterocycles. The van der Waals surface area contributed by atoms with Gasteiger partial charge in [0.25, 0.3) is 0 Å². The SMILES string of the molecule is CC(CC(=O)O)c1cc2c(F)cccc2o1. The number of fused-ring (bicyclic) bond motifs is 1. The fourth-order valence-electron chi connectivity index (χ4n) is 1.65. The third-order valence-corrected chi connectivity index (χ3v) is 2.49. The van der Waals surface area contributed by atoms with Crippen LogP contribution in [0.5, 0.6) is 0 Å². The minimum atomic E-state index is -0.895. The van der Waals surface area contributed by atoms with Gasteiger partial charge in [0.1, 0.15) is 17.2 Å². The first-order valence-electron chi connectivity index (χ1n) is 4.97. The maximum atomic E-state index is 13.3. The van der Waals surface area contributed by atoms with E-state index in [1.807, 2.05) is 0 Å². The van der Waals surface area contributed by atoms with Crippen molar-refractivity contribution < 1.29 is 18.7 Å². The third kappa shape index (κ3) is 1.91. The van der Waals surface area contributed by atoms with E-state index in [1.54, 1.807) is 25.1 Å². The second kappa shape index (κ2) is 3.96. The van der Waals surface area contributed by atoms with E-state index in [-0.39, 0.29) is 18.2 Å². The molecule has 1 unspecified atom stereocenters. The fraction of sp³-hybridized carbons (Fsp3) is 0.250. The average molecular weight is 222 g/mol. The number of aliphatic carboxylic acids is 1. The second-order valence-corrected chi connectivity index (χ2v) is 3.80. The maximum Gasteiger partial charge on any atom is 0.304 e. The van der Waals surface area contributed by atoms with Crippen LogP contribution in [-0.2, 0) is 4.79 Å². The van der Waals surface area contributed by atoms with E-state index >= 15 is 0 Å². The number of benzene rings is 1. The number of rotatable bonds is 3. The molecule has 0 spiro atoms. The van der Waals surface area contributed by atoms with E-state index in [2.05, 4.69) is 0 Å². The summed E-state index contributed by atoms with van der Waals surface area (Å²) < 4.78 is 18.8. The van der Waals surface area contributed by atoms with Crippen molar-refractivity contribution in [3.8, 4) is 0 Å². The molecule has 84 valence electrons. The van der Waals surface area contributed by atoms with Crippen LogP contribution in [-0.4, -0.2) is 11.1 Å². The first kappa shape index (κ1) is 10.7. The van der Waals surface area contributed by atoms with E-state index in [9.17, 15) is 9.18 Å². The van der Waals surface area contributed by atoms with Crippen LogP contribution in [0.3, 0.4) is 0 Å². The molecule has 1 heterocycles. The molecule has 4 heteroatoms. The second-order valence-electron chi connectivity index (χ2n) is 3.80. The molecule has 0 bridgehead atoms. The van der Waals surface area contributed by atoms with E-state index in [0.29, 0.717) is 16.7 Å². The third-order valence-electron chi connectivity index (χ3n) is 2.49. The number of carboxylic acids is 1. The quantitative estimate of drug-likeness (QED) is 0.867. The Kier molecular flexibility index (Phi) is 2.64. The lowest BCUT2D eigenvalue weighted by Gasteiger charge is -2.02. The lowest BCUT2D eigenvalue weighted by molar-refractivity contribution is -0.137. The predicted octanol–water partition coefficient (Wildman–Crippen LogP) is 3.15. The van der Waals surface area contributed by atoms with Crippen LogP contribution in [0.4, 0.5) is 4.39 Å². The molecule has 3 nitrogen and oxygen atoms in total. The normalized spacial score (nSPS) is 12.9. The van der Waals surface area contributed by atoms with Gasteiger partial charge in [-0.15, -0.1) is 0 Å². The largest absolute Gasteiger partial charge is 0.481 e. The Morgan fingerprint density at radius 2 is 2.31 bits per heavy atom. The Morgan fingerprint density at radius 1 is 1.56 bits per heavy atom. The van der Waals surface area contributed by atoms with Gasteiger partial charge in [-0.2, -0.15) is 0 Å². The van der Waals surface area contributed by atoms with Crippen LogP contribution in [0.1, 0.15) is 25.0 Å². The molecular formula is C12H11FO3. The molecule has 0 amide bonds. The highest BCUT2D eigenvalue weighted by molar-refractivity contribution is 5.79. The zero-order valence-electron chi connectivity index (χ0n) is 8.74. The van der Waals surface area contributed by atoms with Crippen molar-refractivity contribution in [2.75, 3.05) is 0 Å². The lowest BCUT2D eigenvalue weighted by atomic mass is 10.1. The number of hydrogen-bond donors (Lipinski definition) is 1. The maximum absolute atomic E-state index is 13.3.